The minimum absolute atomic E-state index is 0.456. The number of amides is 2. The van der Waals surface area contributed by atoms with E-state index < -0.39 is 133 Å². The van der Waals surface area contributed by atoms with Crippen LogP contribution in [0.2, 0.25) is 0 Å². The topological polar surface area (TPSA) is 98.7 Å². The molecule has 0 aliphatic heterocycles. The van der Waals surface area contributed by atoms with Gasteiger partial charge in [0.2, 0.25) is 0 Å². The van der Waals surface area contributed by atoms with Crippen LogP contribution in [0, 0.1) is 11.8 Å². The van der Waals surface area contributed by atoms with Crippen LogP contribution in [0.4, 0.5) is 124 Å². The van der Waals surface area contributed by atoms with Crippen LogP contribution in [0.15, 0.2) is 0 Å². The van der Waals surface area contributed by atoms with Crippen LogP contribution in [-0.4, -0.2) is 106 Å². The van der Waals surface area contributed by atoms with Crippen LogP contribution in [0.25, 0.3) is 0 Å². The maximum absolute atomic E-state index is 15.1. The summed E-state index contributed by atoms with van der Waals surface area (Å²) in [5.74, 6) is -89.4. The summed E-state index contributed by atoms with van der Waals surface area (Å²) < 4.78 is 358. The van der Waals surface area contributed by atoms with Gasteiger partial charge in [0.1, 0.15) is 0 Å². The van der Waals surface area contributed by atoms with Crippen molar-refractivity contribution in [2.75, 3.05) is 0 Å². The zero-order valence-electron chi connectivity index (χ0n) is 25.6. The highest BCUT2D eigenvalue weighted by molar-refractivity contribution is 5.67. The van der Waals surface area contributed by atoms with Gasteiger partial charge >= 0.3 is 83.8 Å². The molecule has 4 unspecified atom stereocenters. The van der Waals surface area contributed by atoms with Crippen molar-refractivity contribution in [3.8, 4) is 0 Å². The highest BCUT2D eigenvalue weighted by atomic mass is 19.4. The van der Waals surface area contributed by atoms with E-state index in [0.717, 1.165) is 5.32 Å². The van der Waals surface area contributed by atoms with Crippen molar-refractivity contribution in [2.45, 2.75) is 116 Å². The monoisotopic (exact) mass is 880 g/mol. The van der Waals surface area contributed by atoms with E-state index in [4.69, 9.17) is 10.2 Å². The lowest BCUT2D eigenvalue weighted by Gasteiger charge is -2.53. The Kier molecular flexibility index (Phi) is 12.4. The molecule has 6 nitrogen and oxygen atoms in total. The van der Waals surface area contributed by atoms with Crippen molar-refractivity contribution >= 4 is 12.2 Å². The molecule has 0 aromatic carbocycles. The second-order valence-corrected chi connectivity index (χ2v) is 12.1. The minimum Gasteiger partial charge on any atom is -0.465 e. The Morgan fingerprint density at radius 3 is 1.16 bits per heavy atom. The van der Waals surface area contributed by atoms with E-state index >= 15 is 17.6 Å². The van der Waals surface area contributed by atoms with E-state index in [0.29, 0.717) is 12.2 Å². The molecular formula is C23H18F26N2O4. The number of hydrogen-bond acceptors (Lipinski definition) is 2. The Morgan fingerprint density at radius 1 is 0.527 bits per heavy atom. The highest BCUT2D eigenvalue weighted by Crippen LogP contribution is 2.64. The zero-order valence-corrected chi connectivity index (χ0v) is 25.6. The Labute approximate surface area is 285 Å². The number of halogens is 26. The molecule has 0 radical (unpaired) electrons. The number of alkyl halides is 26. The average molecular weight is 880 g/mol. The Bertz CT molecular complexity index is 1420. The van der Waals surface area contributed by atoms with Crippen LogP contribution in [0.1, 0.15) is 32.6 Å². The second kappa shape index (κ2) is 13.7. The highest BCUT2D eigenvalue weighted by Gasteiger charge is 2.92. The van der Waals surface area contributed by atoms with Gasteiger partial charge in [-0.15, -0.1) is 0 Å². The molecule has 32 heteroatoms. The molecule has 1 aliphatic rings. The predicted octanol–water partition coefficient (Wildman–Crippen LogP) is 9.93. The molecule has 1 rings (SSSR count). The molecular weight excluding hydrogens is 862 g/mol. The maximum atomic E-state index is 15.1. The Balaban J connectivity index is 4.21. The molecule has 0 aromatic rings. The van der Waals surface area contributed by atoms with Crippen LogP contribution >= 0.6 is 0 Å². The fourth-order valence-corrected chi connectivity index (χ4v) is 5.45. The summed E-state index contributed by atoms with van der Waals surface area (Å²) in [7, 11) is 0. The van der Waals surface area contributed by atoms with E-state index in [1.807, 2.05) is 0 Å². The summed E-state index contributed by atoms with van der Waals surface area (Å²) >= 11 is 0. The van der Waals surface area contributed by atoms with Crippen molar-refractivity contribution in [3.63, 3.8) is 0 Å². The third kappa shape index (κ3) is 7.50. The van der Waals surface area contributed by atoms with Gasteiger partial charge in [0.05, 0.1) is 5.54 Å². The quantitative estimate of drug-likeness (QED) is 0.131. The van der Waals surface area contributed by atoms with Gasteiger partial charge in [-0.05, 0) is 18.8 Å². The fourth-order valence-electron chi connectivity index (χ4n) is 5.45. The molecule has 0 saturated heterocycles. The molecule has 0 aromatic heterocycles. The second-order valence-electron chi connectivity index (χ2n) is 12.1. The number of carboxylic acid groups (broad SMARTS) is 2. The first-order valence-electron chi connectivity index (χ1n) is 13.6. The molecule has 0 bridgehead atoms. The summed E-state index contributed by atoms with van der Waals surface area (Å²) in [6.07, 6.45) is -33.3. The predicted molar refractivity (Wildman–Crippen MR) is 122 cm³/mol. The van der Waals surface area contributed by atoms with Gasteiger partial charge in [0.15, 0.2) is 0 Å². The zero-order chi connectivity index (χ0) is 44.6. The number of hydrogen-bond donors (Lipinski definition) is 4. The minimum atomic E-state index is -8.70. The largest absolute Gasteiger partial charge is 0.465 e. The van der Waals surface area contributed by atoms with E-state index in [9.17, 15) is 106 Å². The number of nitrogens with one attached hydrogen (secondary N) is 2. The smallest absolute Gasteiger partial charge is 0.460 e. The van der Waals surface area contributed by atoms with Crippen molar-refractivity contribution in [2.24, 2.45) is 11.8 Å². The Morgan fingerprint density at radius 2 is 0.855 bits per heavy atom. The SMILES string of the molecule is CC1CCC(CC(F)(F)C(F)(F)C(F)(F)C(F)(F)C(F)(F)C(F)(F)F)(NC(=O)O)C(CC(F)(F)C(F)(F)C(F)(F)C(F)(F)C(F)(F)C(F)(F)F)C1NC(=O)O. The van der Waals surface area contributed by atoms with Gasteiger partial charge in [0, 0.05) is 24.8 Å². The Hall–Kier alpha value is -3.28. The van der Waals surface area contributed by atoms with Crippen LogP contribution in [0.5, 0.6) is 0 Å². The van der Waals surface area contributed by atoms with Gasteiger partial charge in [-0.2, -0.15) is 114 Å². The van der Waals surface area contributed by atoms with Crippen LogP contribution in [0.3, 0.4) is 0 Å². The molecule has 0 heterocycles. The summed E-state index contributed by atoms with van der Waals surface area (Å²) in [6, 6.07) is -3.17. The molecule has 1 fully saturated rings. The van der Waals surface area contributed by atoms with Crippen molar-refractivity contribution in [1.29, 1.82) is 0 Å². The maximum Gasteiger partial charge on any atom is 0.460 e. The number of carbonyl (C=O) groups is 2. The van der Waals surface area contributed by atoms with Gasteiger partial charge in [-0.1, -0.05) is 6.92 Å². The molecule has 326 valence electrons. The molecule has 0 spiro atoms. The van der Waals surface area contributed by atoms with Crippen LogP contribution < -0.4 is 10.6 Å². The molecule has 4 N–H and O–H groups in total. The molecule has 1 aliphatic carbocycles. The van der Waals surface area contributed by atoms with Gasteiger partial charge in [-0.25, -0.2) is 9.59 Å². The van der Waals surface area contributed by atoms with E-state index in [1.54, 1.807) is 0 Å². The molecule has 2 amide bonds. The molecule has 4 atom stereocenters. The summed E-state index contributed by atoms with van der Waals surface area (Å²) in [4.78, 5) is 22.8. The van der Waals surface area contributed by atoms with E-state index in [1.165, 1.54) is 0 Å². The first-order valence-corrected chi connectivity index (χ1v) is 13.6. The first kappa shape index (κ1) is 49.7. The number of rotatable bonds is 14. The molecule has 55 heavy (non-hydrogen) atoms. The van der Waals surface area contributed by atoms with Gasteiger partial charge in [-0.3, -0.25) is 0 Å². The normalized spacial score (nSPS) is 23.7. The third-order valence-corrected chi connectivity index (χ3v) is 8.46. The van der Waals surface area contributed by atoms with Crippen molar-refractivity contribution < 1.29 is 134 Å². The lowest BCUT2D eigenvalue weighted by molar-refractivity contribution is -0.442. The van der Waals surface area contributed by atoms with Crippen molar-refractivity contribution in [3.05, 3.63) is 0 Å². The lowest BCUT2D eigenvalue weighted by Crippen LogP contribution is -2.73. The van der Waals surface area contributed by atoms with Crippen molar-refractivity contribution in [1.82, 2.24) is 10.6 Å². The lowest BCUT2D eigenvalue weighted by atomic mass is 9.61. The van der Waals surface area contributed by atoms with E-state index in [2.05, 4.69) is 0 Å². The van der Waals surface area contributed by atoms with Gasteiger partial charge < -0.3 is 20.8 Å². The van der Waals surface area contributed by atoms with E-state index in [-0.39, 0.29) is 0 Å². The fraction of sp³-hybridized carbons (Fsp3) is 0.913. The standard InChI is InChI=1S/C23H18F26N2O4/c1-6-2-3-11(51-10(54)55,5-13(26,27)15(30,31)17(34,35)19(38,39)21(42,43)23(47,48)49)7(8(6)50-9(52)53)4-12(24,25)14(28,29)16(32,33)18(36,37)20(40,41)22(44,45)46/h6-8,50-51H,2-5H2,1H3,(H,52,53)(H,54,55). The molecule has 1 saturated carbocycles. The first-order chi connectivity index (χ1) is 23.7. The van der Waals surface area contributed by atoms with Gasteiger partial charge in [0.25, 0.3) is 0 Å². The summed E-state index contributed by atoms with van der Waals surface area (Å²) in [5.41, 5.74) is -4.66. The summed E-state index contributed by atoms with van der Waals surface area (Å²) in [5, 5.41) is 19.5. The van der Waals surface area contributed by atoms with Crippen LogP contribution in [-0.2, 0) is 0 Å². The average Bonchev–Trinajstić information content (AvgIpc) is 2.94. The third-order valence-electron chi connectivity index (χ3n) is 8.46. The summed E-state index contributed by atoms with van der Waals surface area (Å²) in [6.45, 7) is 0.474.